The zero-order valence-electron chi connectivity index (χ0n) is 13.4. The smallest absolute Gasteiger partial charge is 0.254 e. The highest BCUT2D eigenvalue weighted by Crippen LogP contribution is 2.25. The van der Waals surface area contributed by atoms with Gasteiger partial charge in [-0.25, -0.2) is 4.98 Å². The number of hydrogen-bond donors (Lipinski definition) is 1. The van der Waals surface area contributed by atoms with Crippen LogP contribution >= 0.6 is 0 Å². The molecule has 0 unspecified atom stereocenters. The number of ether oxygens (including phenoxy) is 1. The fraction of sp³-hybridized carbons (Fsp3) is 0.278. The lowest BCUT2D eigenvalue weighted by Crippen LogP contribution is -2.27. The van der Waals surface area contributed by atoms with E-state index >= 15 is 0 Å². The third-order valence-electron chi connectivity index (χ3n) is 4.23. The number of amides is 1. The first-order valence-electron chi connectivity index (χ1n) is 8.00. The molecule has 1 saturated heterocycles. The Labute approximate surface area is 139 Å². The molecule has 1 amide bonds. The van der Waals surface area contributed by atoms with Crippen LogP contribution in [0, 0.1) is 0 Å². The van der Waals surface area contributed by atoms with Crippen molar-refractivity contribution in [1.82, 2.24) is 14.8 Å². The summed E-state index contributed by atoms with van der Waals surface area (Å²) in [6.07, 6.45) is 6.92. The molecule has 1 atom stereocenters. The van der Waals surface area contributed by atoms with Gasteiger partial charge in [-0.1, -0.05) is 12.1 Å². The first kappa shape index (κ1) is 14.8. The van der Waals surface area contributed by atoms with Crippen molar-refractivity contribution in [2.45, 2.75) is 18.9 Å². The molecular formula is C18H18N4O2. The normalized spacial score (nSPS) is 17.3. The van der Waals surface area contributed by atoms with Gasteiger partial charge in [0.1, 0.15) is 11.9 Å². The van der Waals surface area contributed by atoms with Crippen LogP contribution in [0.3, 0.4) is 0 Å². The Hall–Kier alpha value is -2.73. The number of carbonyl (C=O) groups excluding carboxylic acids is 1. The SMILES string of the molecule is Cn1cc(-c2ccc3cnc(NC(=O)[C@@H]4CCCO4)cc3c2)cn1. The summed E-state index contributed by atoms with van der Waals surface area (Å²) in [5.41, 5.74) is 2.14. The lowest BCUT2D eigenvalue weighted by Gasteiger charge is -2.10. The second-order valence-electron chi connectivity index (χ2n) is 6.03. The van der Waals surface area contributed by atoms with E-state index < -0.39 is 0 Å². The Balaban J connectivity index is 1.62. The molecule has 1 N–H and O–H groups in total. The molecule has 0 spiro atoms. The number of benzene rings is 1. The van der Waals surface area contributed by atoms with Crippen molar-refractivity contribution in [3.05, 3.63) is 42.9 Å². The van der Waals surface area contributed by atoms with Gasteiger partial charge in [-0.15, -0.1) is 0 Å². The summed E-state index contributed by atoms with van der Waals surface area (Å²) < 4.78 is 7.18. The van der Waals surface area contributed by atoms with Crippen LogP contribution in [-0.2, 0) is 16.6 Å². The number of carbonyl (C=O) groups is 1. The molecule has 3 aromatic rings. The summed E-state index contributed by atoms with van der Waals surface area (Å²) in [7, 11) is 1.90. The highest BCUT2D eigenvalue weighted by atomic mass is 16.5. The van der Waals surface area contributed by atoms with Crippen LogP contribution in [0.25, 0.3) is 21.9 Å². The van der Waals surface area contributed by atoms with Gasteiger partial charge in [-0.05, 0) is 35.9 Å². The maximum Gasteiger partial charge on any atom is 0.254 e. The largest absolute Gasteiger partial charge is 0.368 e. The van der Waals surface area contributed by atoms with Crippen molar-refractivity contribution in [3.63, 3.8) is 0 Å². The second kappa shape index (κ2) is 6.05. The number of nitrogens with zero attached hydrogens (tertiary/aromatic N) is 3. The monoisotopic (exact) mass is 322 g/mol. The van der Waals surface area contributed by atoms with Gasteiger partial charge in [0.05, 0.1) is 6.20 Å². The predicted octanol–water partition coefficient (Wildman–Crippen LogP) is 2.75. The van der Waals surface area contributed by atoms with Crippen molar-refractivity contribution >= 4 is 22.5 Å². The van der Waals surface area contributed by atoms with Gasteiger partial charge in [-0.2, -0.15) is 5.10 Å². The number of hydrogen-bond acceptors (Lipinski definition) is 4. The van der Waals surface area contributed by atoms with Gasteiger partial charge in [-0.3, -0.25) is 9.48 Å². The minimum Gasteiger partial charge on any atom is -0.368 e. The van der Waals surface area contributed by atoms with Crippen LogP contribution in [-0.4, -0.2) is 33.4 Å². The fourth-order valence-electron chi connectivity index (χ4n) is 2.95. The quantitative estimate of drug-likeness (QED) is 0.805. The lowest BCUT2D eigenvalue weighted by molar-refractivity contribution is -0.124. The van der Waals surface area contributed by atoms with E-state index in [4.69, 9.17) is 4.74 Å². The highest BCUT2D eigenvalue weighted by Gasteiger charge is 2.23. The summed E-state index contributed by atoms with van der Waals surface area (Å²) >= 11 is 0. The molecule has 1 aliphatic rings. The predicted molar refractivity (Wildman–Crippen MR) is 91.5 cm³/mol. The molecule has 0 bridgehead atoms. The number of aryl methyl sites for hydroxylation is 1. The van der Waals surface area contributed by atoms with Gasteiger partial charge >= 0.3 is 0 Å². The number of nitrogens with one attached hydrogen (secondary N) is 1. The molecule has 0 radical (unpaired) electrons. The topological polar surface area (TPSA) is 69.0 Å². The highest BCUT2D eigenvalue weighted by molar-refractivity contribution is 5.96. The van der Waals surface area contributed by atoms with E-state index in [1.807, 2.05) is 37.6 Å². The summed E-state index contributed by atoms with van der Waals surface area (Å²) in [4.78, 5) is 16.5. The van der Waals surface area contributed by atoms with Gasteiger partial charge in [0.2, 0.25) is 0 Å². The molecule has 1 aromatic carbocycles. The Kier molecular flexibility index (Phi) is 3.74. The van der Waals surface area contributed by atoms with E-state index in [2.05, 4.69) is 21.5 Å². The molecule has 0 saturated carbocycles. The number of anilines is 1. The van der Waals surface area contributed by atoms with Gasteiger partial charge in [0, 0.05) is 37.0 Å². The third-order valence-corrected chi connectivity index (χ3v) is 4.23. The number of pyridine rings is 1. The van der Waals surface area contributed by atoms with Crippen molar-refractivity contribution in [2.24, 2.45) is 7.05 Å². The minimum absolute atomic E-state index is 0.122. The molecule has 0 aliphatic carbocycles. The van der Waals surface area contributed by atoms with E-state index in [-0.39, 0.29) is 12.0 Å². The first-order chi connectivity index (χ1) is 11.7. The molecule has 6 heteroatoms. The van der Waals surface area contributed by atoms with Crippen molar-refractivity contribution in [2.75, 3.05) is 11.9 Å². The van der Waals surface area contributed by atoms with Gasteiger partial charge in [0.25, 0.3) is 5.91 Å². The van der Waals surface area contributed by atoms with E-state index in [1.165, 1.54) is 0 Å². The maximum absolute atomic E-state index is 12.2. The van der Waals surface area contributed by atoms with Crippen LogP contribution in [0.15, 0.2) is 42.9 Å². The molecule has 24 heavy (non-hydrogen) atoms. The molecule has 2 aromatic heterocycles. The Morgan fingerprint density at radius 3 is 2.92 bits per heavy atom. The standard InChI is InChI=1S/C18H18N4O2/c1-22-11-15(10-20-22)12-4-5-13-9-19-17(8-14(13)7-12)21-18(23)16-3-2-6-24-16/h4-5,7-11,16H,2-3,6H2,1H3,(H,19,21,23)/t16-/m0/s1. The van der Waals surface area contributed by atoms with Crippen LogP contribution in [0.2, 0.25) is 0 Å². The fourth-order valence-corrected chi connectivity index (χ4v) is 2.95. The van der Waals surface area contributed by atoms with Crippen LogP contribution in [0.1, 0.15) is 12.8 Å². The van der Waals surface area contributed by atoms with Gasteiger partial charge < -0.3 is 10.1 Å². The van der Waals surface area contributed by atoms with E-state index in [0.717, 1.165) is 34.7 Å². The molecular weight excluding hydrogens is 304 g/mol. The minimum atomic E-state index is -0.357. The van der Waals surface area contributed by atoms with Crippen molar-refractivity contribution in [3.8, 4) is 11.1 Å². The van der Waals surface area contributed by atoms with Crippen molar-refractivity contribution < 1.29 is 9.53 Å². The van der Waals surface area contributed by atoms with E-state index in [0.29, 0.717) is 12.4 Å². The molecule has 122 valence electrons. The zero-order valence-corrected chi connectivity index (χ0v) is 13.4. The summed E-state index contributed by atoms with van der Waals surface area (Å²) in [6.45, 7) is 0.651. The number of rotatable bonds is 3. The molecule has 3 heterocycles. The Morgan fingerprint density at radius 2 is 2.17 bits per heavy atom. The van der Waals surface area contributed by atoms with Crippen LogP contribution in [0.4, 0.5) is 5.82 Å². The summed E-state index contributed by atoms with van der Waals surface area (Å²) in [6, 6.07) is 8.04. The van der Waals surface area contributed by atoms with Crippen LogP contribution < -0.4 is 5.32 Å². The second-order valence-corrected chi connectivity index (χ2v) is 6.03. The molecule has 4 rings (SSSR count). The average Bonchev–Trinajstić information content (AvgIpc) is 3.25. The molecule has 1 fully saturated rings. The van der Waals surface area contributed by atoms with Gasteiger partial charge in [0.15, 0.2) is 0 Å². The first-order valence-corrected chi connectivity index (χ1v) is 8.00. The van der Waals surface area contributed by atoms with E-state index in [9.17, 15) is 4.79 Å². The van der Waals surface area contributed by atoms with Crippen molar-refractivity contribution in [1.29, 1.82) is 0 Å². The average molecular weight is 322 g/mol. The zero-order chi connectivity index (χ0) is 16.5. The Morgan fingerprint density at radius 1 is 1.25 bits per heavy atom. The summed E-state index contributed by atoms with van der Waals surface area (Å²) in [5, 5.41) is 9.10. The number of fused-ring (bicyclic) bond motifs is 1. The number of aromatic nitrogens is 3. The molecule has 6 nitrogen and oxygen atoms in total. The lowest BCUT2D eigenvalue weighted by atomic mass is 10.1. The third kappa shape index (κ3) is 2.88. The molecule has 1 aliphatic heterocycles. The Bertz CT molecular complexity index is 897. The summed E-state index contributed by atoms with van der Waals surface area (Å²) in [5.74, 6) is 0.425. The van der Waals surface area contributed by atoms with Crippen LogP contribution in [0.5, 0.6) is 0 Å². The maximum atomic E-state index is 12.2. The van der Waals surface area contributed by atoms with E-state index in [1.54, 1.807) is 10.9 Å².